The molecule has 4 nitrogen and oxygen atoms in total. The van der Waals surface area contributed by atoms with Crippen molar-refractivity contribution >= 4 is 11.7 Å². The van der Waals surface area contributed by atoms with Gasteiger partial charge >= 0.3 is 0 Å². The molecule has 98 valence electrons. The fourth-order valence-electron chi connectivity index (χ4n) is 1.45. The first-order valence-corrected chi connectivity index (χ1v) is 6.09. The number of benzene rings is 1. The van der Waals surface area contributed by atoms with Crippen LogP contribution >= 0.6 is 0 Å². The van der Waals surface area contributed by atoms with Gasteiger partial charge in [0.1, 0.15) is 11.5 Å². The lowest BCUT2D eigenvalue weighted by Crippen LogP contribution is -2.22. The first-order valence-electron chi connectivity index (χ1n) is 6.09. The van der Waals surface area contributed by atoms with Gasteiger partial charge in [-0.2, -0.15) is 0 Å². The molecular formula is C14H19NO3. The van der Waals surface area contributed by atoms with Gasteiger partial charge in [-0.15, -0.1) is 0 Å². The lowest BCUT2D eigenvalue weighted by Gasteiger charge is -2.06. The minimum Gasteiger partial charge on any atom is -0.494 e. The molecule has 0 aromatic heterocycles. The molecular weight excluding hydrogens is 230 g/mol. The molecule has 0 aliphatic carbocycles. The van der Waals surface area contributed by atoms with Gasteiger partial charge in [0, 0.05) is 19.4 Å². The molecule has 0 bridgehead atoms. The number of carbonyl (C=O) groups excluding carboxylic acids is 2. The summed E-state index contributed by atoms with van der Waals surface area (Å²) >= 11 is 0. The van der Waals surface area contributed by atoms with Crippen LogP contribution in [-0.4, -0.2) is 18.3 Å². The van der Waals surface area contributed by atoms with Crippen molar-refractivity contribution in [1.29, 1.82) is 0 Å². The number of amides is 1. The highest BCUT2D eigenvalue weighted by atomic mass is 16.5. The molecule has 1 amide bonds. The largest absolute Gasteiger partial charge is 0.494 e. The fourth-order valence-corrected chi connectivity index (χ4v) is 1.45. The summed E-state index contributed by atoms with van der Waals surface area (Å²) in [5, 5.41) is 2.77. The van der Waals surface area contributed by atoms with Gasteiger partial charge in [0.2, 0.25) is 5.91 Å². The second-order valence-electron chi connectivity index (χ2n) is 4.06. The van der Waals surface area contributed by atoms with Crippen molar-refractivity contribution in [3.05, 3.63) is 29.8 Å². The topological polar surface area (TPSA) is 55.4 Å². The molecule has 0 radical (unpaired) electrons. The molecule has 1 aromatic rings. The maximum atomic E-state index is 11.4. The highest BCUT2D eigenvalue weighted by Crippen LogP contribution is 2.11. The van der Waals surface area contributed by atoms with Crippen molar-refractivity contribution in [3.63, 3.8) is 0 Å². The van der Waals surface area contributed by atoms with Crippen molar-refractivity contribution in [3.8, 4) is 5.75 Å². The van der Waals surface area contributed by atoms with Gasteiger partial charge in [-0.1, -0.05) is 12.1 Å². The number of ketones is 1. The first-order chi connectivity index (χ1) is 8.61. The molecule has 1 rings (SSSR count). The average molecular weight is 249 g/mol. The maximum absolute atomic E-state index is 11.4. The fraction of sp³-hybridized carbons (Fsp3) is 0.429. The molecule has 0 fully saturated rings. The number of rotatable bonds is 7. The predicted octanol–water partition coefficient (Wildman–Crippen LogP) is 2.07. The smallest absolute Gasteiger partial charge is 0.220 e. The lowest BCUT2D eigenvalue weighted by molar-refractivity contribution is -0.124. The van der Waals surface area contributed by atoms with Crippen LogP contribution in [0.15, 0.2) is 24.3 Å². The molecule has 0 aliphatic rings. The zero-order valence-electron chi connectivity index (χ0n) is 10.9. The Labute approximate surface area is 107 Å². The van der Waals surface area contributed by atoms with Crippen LogP contribution in [0.2, 0.25) is 0 Å². The van der Waals surface area contributed by atoms with E-state index in [-0.39, 0.29) is 18.1 Å². The molecule has 0 unspecified atom stereocenters. The van der Waals surface area contributed by atoms with Gasteiger partial charge in [-0.05, 0) is 31.5 Å². The Morgan fingerprint density at radius 2 is 1.83 bits per heavy atom. The van der Waals surface area contributed by atoms with Gasteiger partial charge in [-0.25, -0.2) is 0 Å². The number of hydrogen-bond acceptors (Lipinski definition) is 3. The van der Waals surface area contributed by atoms with Crippen molar-refractivity contribution in [2.45, 2.75) is 33.2 Å². The van der Waals surface area contributed by atoms with Crippen LogP contribution in [0.3, 0.4) is 0 Å². The van der Waals surface area contributed by atoms with Crippen molar-refractivity contribution in [2.75, 3.05) is 6.61 Å². The van der Waals surface area contributed by atoms with Crippen LogP contribution in [0.25, 0.3) is 0 Å². The predicted molar refractivity (Wildman–Crippen MR) is 69.4 cm³/mol. The Hall–Kier alpha value is -1.84. The van der Waals surface area contributed by atoms with E-state index in [0.717, 1.165) is 11.3 Å². The third-order valence-corrected chi connectivity index (χ3v) is 2.43. The minimum atomic E-state index is -0.0981. The van der Waals surface area contributed by atoms with Crippen LogP contribution in [0, 0.1) is 0 Å². The van der Waals surface area contributed by atoms with E-state index in [1.54, 1.807) is 0 Å². The molecule has 0 saturated carbocycles. The molecule has 0 heterocycles. The number of ether oxygens (including phenoxy) is 1. The van der Waals surface area contributed by atoms with Gasteiger partial charge in [0.05, 0.1) is 6.61 Å². The Bertz CT molecular complexity index is 398. The van der Waals surface area contributed by atoms with Gasteiger partial charge in [0.25, 0.3) is 0 Å². The van der Waals surface area contributed by atoms with E-state index < -0.39 is 0 Å². The van der Waals surface area contributed by atoms with Crippen molar-refractivity contribution in [2.24, 2.45) is 0 Å². The summed E-state index contributed by atoms with van der Waals surface area (Å²) in [6.07, 6.45) is 0.557. The molecule has 0 aliphatic heterocycles. The number of nitrogens with one attached hydrogen (secondary N) is 1. The zero-order valence-corrected chi connectivity index (χ0v) is 10.9. The third-order valence-electron chi connectivity index (χ3n) is 2.43. The van der Waals surface area contributed by atoms with E-state index in [0.29, 0.717) is 19.6 Å². The van der Waals surface area contributed by atoms with Crippen molar-refractivity contribution in [1.82, 2.24) is 5.32 Å². The summed E-state index contributed by atoms with van der Waals surface area (Å²) in [5.41, 5.74) is 1.01. The van der Waals surface area contributed by atoms with Crippen LogP contribution in [0.1, 0.15) is 32.3 Å². The maximum Gasteiger partial charge on any atom is 0.220 e. The van der Waals surface area contributed by atoms with E-state index in [1.807, 2.05) is 31.2 Å². The molecule has 4 heteroatoms. The number of Topliss-reactive ketones (excluding diaryl/α,β-unsaturated/α-hetero) is 1. The summed E-state index contributed by atoms with van der Waals surface area (Å²) in [5.74, 6) is 0.759. The Kier molecular flexibility index (Phi) is 5.91. The van der Waals surface area contributed by atoms with Crippen molar-refractivity contribution < 1.29 is 14.3 Å². The standard InChI is InChI=1S/C14H19NO3/c1-3-18-13-7-5-12(6-8-13)10-15-14(17)9-4-11(2)16/h5-8H,3-4,9-10H2,1-2H3,(H,15,17). The Morgan fingerprint density at radius 3 is 2.39 bits per heavy atom. The normalized spacial score (nSPS) is 9.89. The van der Waals surface area contributed by atoms with E-state index in [9.17, 15) is 9.59 Å². The third kappa shape index (κ3) is 5.48. The van der Waals surface area contributed by atoms with Gasteiger partial charge in [0.15, 0.2) is 0 Å². The monoisotopic (exact) mass is 249 g/mol. The second-order valence-corrected chi connectivity index (χ2v) is 4.06. The first kappa shape index (κ1) is 14.2. The van der Waals surface area contributed by atoms with E-state index in [1.165, 1.54) is 6.92 Å². The van der Waals surface area contributed by atoms with E-state index in [2.05, 4.69) is 5.32 Å². The summed E-state index contributed by atoms with van der Waals surface area (Å²) in [6, 6.07) is 7.58. The summed E-state index contributed by atoms with van der Waals surface area (Å²) < 4.78 is 5.33. The lowest BCUT2D eigenvalue weighted by atomic mass is 10.2. The summed E-state index contributed by atoms with van der Waals surface area (Å²) in [7, 11) is 0. The minimum absolute atomic E-state index is 0.0335. The van der Waals surface area contributed by atoms with E-state index in [4.69, 9.17) is 4.74 Å². The average Bonchev–Trinajstić information content (AvgIpc) is 2.36. The number of carbonyl (C=O) groups is 2. The highest BCUT2D eigenvalue weighted by Gasteiger charge is 2.03. The van der Waals surface area contributed by atoms with Gasteiger partial charge in [-0.3, -0.25) is 4.79 Å². The highest BCUT2D eigenvalue weighted by molar-refractivity contribution is 5.83. The van der Waals surface area contributed by atoms with Crippen LogP contribution < -0.4 is 10.1 Å². The molecule has 0 saturated heterocycles. The van der Waals surface area contributed by atoms with Crippen LogP contribution in [-0.2, 0) is 16.1 Å². The SMILES string of the molecule is CCOc1ccc(CNC(=O)CCC(C)=O)cc1. The Morgan fingerprint density at radius 1 is 1.17 bits per heavy atom. The number of hydrogen-bond donors (Lipinski definition) is 1. The molecule has 18 heavy (non-hydrogen) atoms. The molecule has 1 N–H and O–H groups in total. The second kappa shape index (κ2) is 7.48. The molecule has 1 aromatic carbocycles. The van der Waals surface area contributed by atoms with Crippen LogP contribution in [0.5, 0.6) is 5.75 Å². The molecule has 0 atom stereocenters. The molecule has 0 spiro atoms. The summed E-state index contributed by atoms with van der Waals surface area (Å²) in [4.78, 5) is 22.1. The summed E-state index contributed by atoms with van der Waals surface area (Å²) in [6.45, 7) is 4.53. The zero-order chi connectivity index (χ0) is 13.4. The Balaban J connectivity index is 2.34. The van der Waals surface area contributed by atoms with Crippen LogP contribution in [0.4, 0.5) is 0 Å². The van der Waals surface area contributed by atoms with Gasteiger partial charge < -0.3 is 14.8 Å². The quantitative estimate of drug-likeness (QED) is 0.804. The van der Waals surface area contributed by atoms with E-state index >= 15 is 0 Å².